The van der Waals surface area contributed by atoms with Crippen molar-refractivity contribution in [3.8, 4) is 0 Å². The molecule has 0 aliphatic carbocycles. The lowest BCUT2D eigenvalue weighted by Gasteiger charge is -2.25. The molecule has 0 aliphatic rings. The zero-order valence-corrected chi connectivity index (χ0v) is 11.5. The van der Waals surface area contributed by atoms with E-state index in [1.807, 2.05) is 0 Å². The molecule has 1 N–H and O–H groups in total. The summed E-state index contributed by atoms with van der Waals surface area (Å²) in [5.74, 6) is 0.586. The van der Waals surface area contributed by atoms with E-state index in [4.69, 9.17) is 5.11 Å². The Morgan fingerprint density at radius 3 is 2.06 bits per heavy atom. The fraction of sp³-hybridized carbons (Fsp3) is 0.600. The summed E-state index contributed by atoms with van der Waals surface area (Å²) in [6.45, 7) is 10.6. The van der Waals surface area contributed by atoms with Gasteiger partial charge in [0, 0.05) is 19.1 Å². The summed E-state index contributed by atoms with van der Waals surface area (Å²) < 4.78 is 0. The third kappa shape index (κ3) is 4.49. The molecule has 1 aromatic carbocycles. The lowest BCUT2D eigenvalue weighted by molar-refractivity contribution is 0.159. The molecule has 0 heterocycles. The van der Waals surface area contributed by atoms with Crippen LogP contribution in [0.5, 0.6) is 0 Å². The molecular weight excluding hydrogens is 210 g/mol. The van der Waals surface area contributed by atoms with Gasteiger partial charge in [-0.1, -0.05) is 38.1 Å². The number of aliphatic hydroxyl groups is 1. The first kappa shape index (κ1) is 14.2. The van der Waals surface area contributed by atoms with E-state index in [9.17, 15) is 0 Å². The van der Waals surface area contributed by atoms with Crippen LogP contribution in [-0.4, -0.2) is 29.2 Å². The molecule has 17 heavy (non-hydrogen) atoms. The fourth-order valence-electron chi connectivity index (χ4n) is 1.89. The van der Waals surface area contributed by atoms with Gasteiger partial charge in [-0.2, -0.15) is 0 Å². The van der Waals surface area contributed by atoms with Gasteiger partial charge in [-0.25, -0.2) is 0 Å². The van der Waals surface area contributed by atoms with Gasteiger partial charge in [-0.3, -0.25) is 4.90 Å². The first-order valence-electron chi connectivity index (χ1n) is 6.48. The zero-order valence-electron chi connectivity index (χ0n) is 11.5. The Hall–Kier alpha value is -0.860. The number of benzene rings is 1. The minimum atomic E-state index is 0.224. The predicted molar refractivity (Wildman–Crippen MR) is 73.2 cm³/mol. The molecule has 96 valence electrons. The van der Waals surface area contributed by atoms with E-state index in [0.717, 1.165) is 13.1 Å². The Morgan fingerprint density at radius 1 is 1.06 bits per heavy atom. The van der Waals surface area contributed by atoms with E-state index in [1.165, 1.54) is 11.1 Å². The van der Waals surface area contributed by atoms with Crippen molar-refractivity contribution in [2.75, 3.05) is 13.2 Å². The van der Waals surface area contributed by atoms with Crippen LogP contribution in [0.1, 0.15) is 44.7 Å². The third-order valence-electron chi connectivity index (χ3n) is 3.15. The van der Waals surface area contributed by atoms with Gasteiger partial charge in [-0.15, -0.1) is 0 Å². The van der Waals surface area contributed by atoms with Crippen molar-refractivity contribution in [3.05, 3.63) is 35.4 Å². The second-order valence-corrected chi connectivity index (χ2v) is 5.18. The van der Waals surface area contributed by atoms with Gasteiger partial charge in [0.1, 0.15) is 0 Å². The summed E-state index contributed by atoms with van der Waals surface area (Å²) in [6.07, 6.45) is 0. The number of nitrogens with zero attached hydrogens (tertiary/aromatic N) is 1. The minimum Gasteiger partial charge on any atom is -0.395 e. The van der Waals surface area contributed by atoms with Crippen LogP contribution in [0.3, 0.4) is 0 Å². The Labute approximate surface area is 105 Å². The molecule has 0 saturated heterocycles. The maximum Gasteiger partial charge on any atom is 0.0558 e. The summed E-state index contributed by atoms with van der Waals surface area (Å²) in [5, 5.41) is 9.04. The van der Waals surface area contributed by atoms with Crippen LogP contribution in [0.4, 0.5) is 0 Å². The Morgan fingerprint density at radius 2 is 1.65 bits per heavy atom. The largest absolute Gasteiger partial charge is 0.395 e. The quantitative estimate of drug-likeness (QED) is 0.819. The standard InChI is InChI=1S/C15H25NO/c1-12(2)15-7-5-14(6-8-15)11-16(9-10-17)13(3)4/h5-8,12-13,17H,9-11H2,1-4H3. The number of rotatable bonds is 6. The normalized spacial score (nSPS) is 11.8. The van der Waals surface area contributed by atoms with Gasteiger partial charge in [0.25, 0.3) is 0 Å². The molecule has 2 nitrogen and oxygen atoms in total. The zero-order chi connectivity index (χ0) is 12.8. The molecule has 1 aromatic rings. The highest BCUT2D eigenvalue weighted by molar-refractivity contribution is 5.24. The summed E-state index contributed by atoms with van der Waals surface area (Å²) in [7, 11) is 0. The van der Waals surface area contributed by atoms with Crippen LogP contribution in [0, 0.1) is 0 Å². The monoisotopic (exact) mass is 235 g/mol. The molecule has 0 unspecified atom stereocenters. The first-order valence-corrected chi connectivity index (χ1v) is 6.48. The van der Waals surface area contributed by atoms with E-state index in [1.54, 1.807) is 0 Å². The van der Waals surface area contributed by atoms with Gasteiger partial charge in [0.2, 0.25) is 0 Å². The van der Waals surface area contributed by atoms with Crippen LogP contribution < -0.4 is 0 Å². The molecule has 0 bridgehead atoms. The smallest absolute Gasteiger partial charge is 0.0558 e. The number of hydrogen-bond donors (Lipinski definition) is 1. The van der Waals surface area contributed by atoms with Crippen molar-refractivity contribution in [2.24, 2.45) is 0 Å². The fourth-order valence-corrected chi connectivity index (χ4v) is 1.89. The molecule has 0 amide bonds. The first-order chi connectivity index (χ1) is 8.04. The van der Waals surface area contributed by atoms with E-state index in [-0.39, 0.29) is 6.61 Å². The molecule has 0 spiro atoms. The van der Waals surface area contributed by atoms with Crippen molar-refractivity contribution in [2.45, 2.75) is 46.2 Å². The van der Waals surface area contributed by atoms with Crippen LogP contribution in [0.25, 0.3) is 0 Å². The van der Waals surface area contributed by atoms with Crippen LogP contribution in [0.15, 0.2) is 24.3 Å². The van der Waals surface area contributed by atoms with Crippen molar-refractivity contribution < 1.29 is 5.11 Å². The second-order valence-electron chi connectivity index (χ2n) is 5.18. The maximum absolute atomic E-state index is 9.04. The average molecular weight is 235 g/mol. The molecule has 1 rings (SSSR count). The van der Waals surface area contributed by atoms with Gasteiger partial charge < -0.3 is 5.11 Å². The molecule has 2 heteroatoms. The summed E-state index contributed by atoms with van der Waals surface area (Å²) >= 11 is 0. The van der Waals surface area contributed by atoms with E-state index < -0.39 is 0 Å². The van der Waals surface area contributed by atoms with E-state index in [2.05, 4.69) is 56.9 Å². The Bertz CT molecular complexity index is 316. The maximum atomic E-state index is 9.04. The summed E-state index contributed by atoms with van der Waals surface area (Å²) in [4.78, 5) is 2.28. The van der Waals surface area contributed by atoms with Crippen molar-refractivity contribution in [3.63, 3.8) is 0 Å². The lowest BCUT2D eigenvalue weighted by Crippen LogP contribution is -2.32. The highest BCUT2D eigenvalue weighted by Gasteiger charge is 2.09. The van der Waals surface area contributed by atoms with Crippen molar-refractivity contribution in [1.82, 2.24) is 4.90 Å². The Kier molecular flexibility index (Phi) is 5.66. The molecule has 0 fully saturated rings. The molecule has 0 saturated carbocycles. The number of hydrogen-bond acceptors (Lipinski definition) is 2. The van der Waals surface area contributed by atoms with Gasteiger partial charge >= 0.3 is 0 Å². The minimum absolute atomic E-state index is 0.224. The van der Waals surface area contributed by atoms with Crippen LogP contribution in [0.2, 0.25) is 0 Å². The van der Waals surface area contributed by atoms with E-state index in [0.29, 0.717) is 12.0 Å². The predicted octanol–water partition coefficient (Wildman–Crippen LogP) is 3.01. The average Bonchev–Trinajstić information content (AvgIpc) is 2.29. The van der Waals surface area contributed by atoms with Crippen molar-refractivity contribution >= 4 is 0 Å². The molecule has 0 radical (unpaired) electrons. The van der Waals surface area contributed by atoms with Gasteiger partial charge in [0.15, 0.2) is 0 Å². The lowest BCUT2D eigenvalue weighted by atomic mass is 10.0. The van der Waals surface area contributed by atoms with Crippen LogP contribution >= 0.6 is 0 Å². The molecule has 0 aromatic heterocycles. The Balaban J connectivity index is 2.66. The third-order valence-corrected chi connectivity index (χ3v) is 3.15. The second kappa shape index (κ2) is 6.77. The van der Waals surface area contributed by atoms with Gasteiger partial charge in [0.05, 0.1) is 6.61 Å². The van der Waals surface area contributed by atoms with E-state index >= 15 is 0 Å². The highest BCUT2D eigenvalue weighted by atomic mass is 16.3. The number of aliphatic hydroxyl groups excluding tert-OH is 1. The topological polar surface area (TPSA) is 23.5 Å². The SMILES string of the molecule is CC(C)c1ccc(CN(CCO)C(C)C)cc1. The molecule has 0 atom stereocenters. The summed E-state index contributed by atoms with van der Waals surface area (Å²) in [6, 6.07) is 9.27. The summed E-state index contributed by atoms with van der Waals surface area (Å²) in [5.41, 5.74) is 2.70. The van der Waals surface area contributed by atoms with Crippen LogP contribution in [-0.2, 0) is 6.54 Å². The van der Waals surface area contributed by atoms with Crippen molar-refractivity contribution in [1.29, 1.82) is 0 Å². The van der Waals surface area contributed by atoms with Gasteiger partial charge in [-0.05, 0) is 30.9 Å². The molecular formula is C15H25NO. The molecule has 0 aliphatic heterocycles. The highest BCUT2D eigenvalue weighted by Crippen LogP contribution is 2.16.